The molecule has 0 spiro atoms. The number of nitrogens with one attached hydrogen (secondary N) is 1. The molecule has 3 rings (SSSR count). The van der Waals surface area contributed by atoms with Crippen LogP contribution in [-0.4, -0.2) is 28.9 Å². The van der Waals surface area contributed by atoms with Crippen molar-refractivity contribution in [2.45, 2.75) is 63.1 Å². The SMILES string of the molecule is Cc1cccc(S)c1C(=O)NC(c1ccccc1)C(C)(C)N1CCCC1C. The first kappa shape index (κ1) is 20.0. The van der Waals surface area contributed by atoms with Crippen LogP contribution in [0.25, 0.3) is 0 Å². The highest BCUT2D eigenvalue weighted by atomic mass is 32.1. The van der Waals surface area contributed by atoms with E-state index in [2.05, 4.69) is 55.7 Å². The standard InChI is InChI=1S/C23H30N2OS/c1-16-10-8-14-19(27)20(16)22(26)24-21(18-12-6-5-7-13-18)23(3,4)25-15-9-11-17(25)2/h5-8,10,12-14,17,21,27H,9,11,15H2,1-4H3,(H,24,26). The molecule has 1 aliphatic heterocycles. The number of carbonyl (C=O) groups is 1. The summed E-state index contributed by atoms with van der Waals surface area (Å²) in [4.78, 5) is 16.5. The number of hydrogen-bond donors (Lipinski definition) is 2. The molecule has 1 heterocycles. The summed E-state index contributed by atoms with van der Waals surface area (Å²) < 4.78 is 0. The fraction of sp³-hybridized carbons (Fsp3) is 0.435. The maximum Gasteiger partial charge on any atom is 0.253 e. The van der Waals surface area contributed by atoms with E-state index in [-0.39, 0.29) is 17.5 Å². The van der Waals surface area contributed by atoms with Crippen molar-refractivity contribution in [1.29, 1.82) is 0 Å². The minimum absolute atomic E-state index is 0.0631. The molecule has 0 bridgehead atoms. The molecule has 1 amide bonds. The van der Waals surface area contributed by atoms with Gasteiger partial charge in [-0.15, -0.1) is 12.6 Å². The van der Waals surface area contributed by atoms with E-state index in [1.165, 1.54) is 12.8 Å². The summed E-state index contributed by atoms with van der Waals surface area (Å²) in [5.74, 6) is -0.0631. The molecule has 27 heavy (non-hydrogen) atoms. The van der Waals surface area contributed by atoms with Crippen LogP contribution < -0.4 is 5.32 Å². The molecular weight excluding hydrogens is 352 g/mol. The molecule has 1 saturated heterocycles. The summed E-state index contributed by atoms with van der Waals surface area (Å²) in [6, 6.07) is 16.5. The Bertz CT molecular complexity index is 783. The van der Waals surface area contributed by atoms with Crippen LogP contribution >= 0.6 is 12.6 Å². The van der Waals surface area contributed by atoms with E-state index in [9.17, 15) is 4.79 Å². The minimum Gasteiger partial charge on any atom is -0.343 e. The number of rotatable bonds is 5. The number of hydrogen-bond acceptors (Lipinski definition) is 3. The molecule has 2 unspecified atom stereocenters. The summed E-state index contributed by atoms with van der Waals surface area (Å²) in [5.41, 5.74) is 2.53. The van der Waals surface area contributed by atoms with Crippen LogP contribution in [0.1, 0.15) is 61.1 Å². The fourth-order valence-electron chi connectivity index (χ4n) is 4.42. The van der Waals surface area contributed by atoms with Crippen molar-refractivity contribution in [3.05, 3.63) is 65.2 Å². The Labute approximate surface area is 168 Å². The molecule has 2 aromatic carbocycles. The number of benzene rings is 2. The van der Waals surface area contributed by atoms with Gasteiger partial charge in [0.25, 0.3) is 5.91 Å². The van der Waals surface area contributed by atoms with Gasteiger partial charge in [-0.1, -0.05) is 42.5 Å². The van der Waals surface area contributed by atoms with Crippen molar-refractivity contribution in [3.63, 3.8) is 0 Å². The minimum atomic E-state index is -0.202. The van der Waals surface area contributed by atoms with E-state index in [0.29, 0.717) is 16.5 Å². The molecule has 144 valence electrons. The smallest absolute Gasteiger partial charge is 0.253 e. The van der Waals surface area contributed by atoms with Gasteiger partial charge >= 0.3 is 0 Å². The lowest BCUT2D eigenvalue weighted by Crippen LogP contribution is -2.54. The van der Waals surface area contributed by atoms with Gasteiger partial charge in [-0.05, 0) is 64.3 Å². The topological polar surface area (TPSA) is 32.3 Å². The van der Waals surface area contributed by atoms with Crippen LogP contribution in [-0.2, 0) is 0 Å². The second kappa shape index (κ2) is 8.07. The lowest BCUT2D eigenvalue weighted by molar-refractivity contribution is 0.0630. The molecule has 0 saturated carbocycles. The summed E-state index contributed by atoms with van der Waals surface area (Å²) in [5, 5.41) is 3.34. The van der Waals surface area contributed by atoms with Crippen molar-refractivity contribution in [3.8, 4) is 0 Å². The highest BCUT2D eigenvalue weighted by Gasteiger charge is 2.41. The molecule has 0 radical (unpaired) electrons. The Morgan fingerprint density at radius 1 is 1.19 bits per heavy atom. The summed E-state index contributed by atoms with van der Waals surface area (Å²) in [6.07, 6.45) is 2.41. The van der Waals surface area contributed by atoms with Gasteiger partial charge in [-0.3, -0.25) is 9.69 Å². The molecule has 1 fully saturated rings. The van der Waals surface area contributed by atoms with E-state index in [1.54, 1.807) is 0 Å². The van der Waals surface area contributed by atoms with Crippen LogP contribution in [0.3, 0.4) is 0 Å². The van der Waals surface area contributed by atoms with Crippen molar-refractivity contribution in [2.24, 2.45) is 0 Å². The molecular formula is C23H30N2OS. The number of nitrogens with zero attached hydrogens (tertiary/aromatic N) is 1. The summed E-state index contributed by atoms with van der Waals surface area (Å²) >= 11 is 4.52. The first-order valence-electron chi connectivity index (χ1n) is 9.73. The molecule has 3 nitrogen and oxygen atoms in total. The number of aryl methyl sites for hydroxylation is 1. The summed E-state index contributed by atoms with van der Waals surface area (Å²) in [6.45, 7) is 9.79. The summed E-state index contributed by atoms with van der Waals surface area (Å²) in [7, 11) is 0. The van der Waals surface area contributed by atoms with Gasteiger partial charge in [0.1, 0.15) is 0 Å². The number of likely N-dealkylation sites (tertiary alicyclic amines) is 1. The average molecular weight is 383 g/mol. The normalized spacial score (nSPS) is 19.1. The molecule has 1 N–H and O–H groups in total. The Balaban J connectivity index is 1.97. The third-order valence-electron chi connectivity index (χ3n) is 5.89. The third kappa shape index (κ3) is 4.07. The third-order valence-corrected chi connectivity index (χ3v) is 6.26. The maximum atomic E-state index is 13.2. The van der Waals surface area contributed by atoms with Gasteiger partial charge in [-0.2, -0.15) is 0 Å². The zero-order valence-electron chi connectivity index (χ0n) is 16.7. The highest BCUT2D eigenvalue weighted by molar-refractivity contribution is 7.80. The Kier molecular flexibility index (Phi) is 5.97. The molecule has 2 atom stereocenters. The van der Waals surface area contributed by atoms with Gasteiger partial charge in [0.2, 0.25) is 0 Å². The van der Waals surface area contributed by atoms with E-state index < -0.39 is 0 Å². The van der Waals surface area contributed by atoms with E-state index in [1.807, 2.05) is 43.3 Å². The first-order valence-corrected chi connectivity index (χ1v) is 10.2. The first-order chi connectivity index (χ1) is 12.8. The van der Waals surface area contributed by atoms with Crippen molar-refractivity contribution in [2.75, 3.05) is 6.54 Å². The monoisotopic (exact) mass is 382 g/mol. The van der Waals surface area contributed by atoms with E-state index in [0.717, 1.165) is 17.7 Å². The lowest BCUT2D eigenvalue weighted by atomic mass is 9.86. The van der Waals surface area contributed by atoms with Crippen LogP contribution in [0.15, 0.2) is 53.4 Å². The number of amides is 1. The molecule has 4 heteroatoms. The van der Waals surface area contributed by atoms with Gasteiger partial charge < -0.3 is 5.32 Å². The van der Waals surface area contributed by atoms with Crippen molar-refractivity contribution in [1.82, 2.24) is 10.2 Å². The number of carbonyl (C=O) groups excluding carboxylic acids is 1. The molecule has 2 aromatic rings. The molecule has 0 aromatic heterocycles. The van der Waals surface area contributed by atoms with Gasteiger partial charge in [0.05, 0.1) is 11.6 Å². The molecule has 0 aliphatic carbocycles. The van der Waals surface area contributed by atoms with E-state index >= 15 is 0 Å². The van der Waals surface area contributed by atoms with Crippen LogP contribution in [0.4, 0.5) is 0 Å². The van der Waals surface area contributed by atoms with Crippen LogP contribution in [0.5, 0.6) is 0 Å². The Morgan fingerprint density at radius 2 is 1.89 bits per heavy atom. The fourth-order valence-corrected chi connectivity index (χ4v) is 4.78. The average Bonchev–Trinajstić information content (AvgIpc) is 3.07. The van der Waals surface area contributed by atoms with Crippen LogP contribution in [0.2, 0.25) is 0 Å². The maximum absolute atomic E-state index is 13.2. The zero-order valence-corrected chi connectivity index (χ0v) is 17.6. The van der Waals surface area contributed by atoms with Crippen molar-refractivity contribution >= 4 is 18.5 Å². The van der Waals surface area contributed by atoms with Gasteiger partial charge in [-0.25, -0.2) is 0 Å². The second-order valence-corrected chi connectivity index (χ2v) is 8.61. The number of thiol groups is 1. The Morgan fingerprint density at radius 3 is 2.48 bits per heavy atom. The predicted octanol–water partition coefficient (Wildman–Crippen LogP) is 5.02. The largest absolute Gasteiger partial charge is 0.343 e. The Hall–Kier alpha value is -1.78. The van der Waals surface area contributed by atoms with Gasteiger partial charge in [0, 0.05) is 16.5 Å². The predicted molar refractivity (Wildman–Crippen MR) is 115 cm³/mol. The highest BCUT2D eigenvalue weighted by Crippen LogP contribution is 2.36. The molecule has 1 aliphatic rings. The second-order valence-electron chi connectivity index (χ2n) is 8.12. The van der Waals surface area contributed by atoms with Crippen molar-refractivity contribution < 1.29 is 4.79 Å². The lowest BCUT2D eigenvalue weighted by Gasteiger charge is -2.45. The van der Waals surface area contributed by atoms with Crippen LogP contribution in [0, 0.1) is 6.92 Å². The van der Waals surface area contributed by atoms with Gasteiger partial charge in [0.15, 0.2) is 0 Å². The van der Waals surface area contributed by atoms with E-state index in [4.69, 9.17) is 0 Å². The zero-order chi connectivity index (χ0) is 19.6. The quantitative estimate of drug-likeness (QED) is 0.712.